The van der Waals surface area contributed by atoms with Gasteiger partial charge in [0.1, 0.15) is 12.0 Å². The molecule has 3 N–H and O–H groups in total. The fourth-order valence-electron chi connectivity index (χ4n) is 5.09. The third kappa shape index (κ3) is 5.23. The lowest BCUT2D eigenvalue weighted by Crippen LogP contribution is -2.46. The Hall–Kier alpha value is -2.57. The van der Waals surface area contributed by atoms with E-state index in [4.69, 9.17) is 4.43 Å². The Morgan fingerprint density at radius 2 is 1.95 bits per heavy atom. The van der Waals surface area contributed by atoms with Gasteiger partial charge in [0.25, 0.3) is 0 Å². The average Bonchev–Trinajstić information content (AvgIpc) is 3.52. The predicted molar refractivity (Wildman–Crippen MR) is 148 cm³/mol. The molecule has 1 fully saturated rings. The van der Waals surface area contributed by atoms with Crippen molar-refractivity contribution in [3.05, 3.63) is 48.9 Å². The molecule has 1 aromatic carbocycles. The molecule has 11 heteroatoms. The number of hydrogen-bond acceptors (Lipinski definition) is 5. The summed E-state index contributed by atoms with van der Waals surface area (Å²) in [5.41, 5.74) is 3.67. The second-order valence-corrected chi connectivity index (χ2v) is 17.6. The van der Waals surface area contributed by atoms with E-state index in [9.17, 15) is 13.0 Å². The summed E-state index contributed by atoms with van der Waals surface area (Å²) in [6, 6.07) is 12.4. The molecule has 37 heavy (non-hydrogen) atoms. The SMILES string of the molecule is CC(C)(C)[Si](C)(C)O[C@H]1C[C@H](n2ccc3c(-c4cc5ccccc5[nH]4)ncnc32)C[C@H]1CNS(=O)(=O)O. The molecule has 1 aliphatic carbocycles. The lowest BCUT2D eigenvalue weighted by molar-refractivity contribution is 0.140. The average molecular weight is 542 g/mol. The van der Waals surface area contributed by atoms with Crippen molar-refractivity contribution in [2.24, 2.45) is 5.92 Å². The van der Waals surface area contributed by atoms with Crippen molar-refractivity contribution in [3.63, 3.8) is 0 Å². The molecule has 0 aliphatic heterocycles. The van der Waals surface area contributed by atoms with Gasteiger partial charge in [-0.3, -0.25) is 4.55 Å². The Morgan fingerprint density at radius 1 is 1.19 bits per heavy atom. The Balaban J connectivity index is 1.47. The van der Waals surface area contributed by atoms with Crippen molar-refractivity contribution in [2.45, 2.75) is 63.9 Å². The second-order valence-electron chi connectivity index (χ2n) is 11.6. The second kappa shape index (κ2) is 9.32. The quantitative estimate of drug-likeness (QED) is 0.215. The van der Waals surface area contributed by atoms with E-state index in [0.717, 1.165) is 39.7 Å². The van der Waals surface area contributed by atoms with Gasteiger partial charge < -0.3 is 14.0 Å². The van der Waals surface area contributed by atoms with Crippen LogP contribution >= 0.6 is 0 Å². The van der Waals surface area contributed by atoms with Crippen LogP contribution in [0, 0.1) is 5.92 Å². The highest BCUT2D eigenvalue weighted by molar-refractivity contribution is 7.83. The number of hydrogen-bond donors (Lipinski definition) is 3. The standard InChI is InChI=1S/C26H35N5O4SSi/c1-26(2,3)37(4,5)35-23-14-19(12-18(23)15-29-36(32,33)34)31-11-10-20-24(27-16-28-25(20)31)22-13-17-8-6-7-9-21(17)30-22/h6-11,13,16,18-19,23,29-30H,12,14-15H2,1-5H3,(H,32,33,34)/t18-,19+,23-/m0/s1. The van der Waals surface area contributed by atoms with Gasteiger partial charge in [-0.2, -0.15) is 13.1 Å². The molecule has 0 bridgehead atoms. The minimum atomic E-state index is -4.29. The Bertz CT molecular complexity index is 1510. The fourth-order valence-corrected chi connectivity index (χ4v) is 6.92. The first-order valence-corrected chi connectivity index (χ1v) is 17.0. The number of benzene rings is 1. The molecular weight excluding hydrogens is 506 g/mol. The molecule has 0 unspecified atom stereocenters. The molecule has 0 saturated heterocycles. The van der Waals surface area contributed by atoms with Crippen LogP contribution in [0.15, 0.2) is 48.9 Å². The number of aromatic amines is 1. The zero-order valence-electron chi connectivity index (χ0n) is 21.9. The van der Waals surface area contributed by atoms with Crippen LogP contribution in [0.3, 0.4) is 0 Å². The monoisotopic (exact) mass is 541 g/mol. The highest BCUT2D eigenvalue weighted by Crippen LogP contribution is 2.44. The summed E-state index contributed by atoms with van der Waals surface area (Å²) in [6.45, 7) is 11.1. The number of para-hydroxylation sites is 1. The minimum absolute atomic E-state index is 0.0218. The number of nitrogens with one attached hydrogen (secondary N) is 2. The van der Waals surface area contributed by atoms with Crippen LogP contribution in [0.4, 0.5) is 0 Å². The number of H-pyrrole nitrogens is 1. The molecule has 1 aliphatic rings. The first kappa shape index (κ1) is 26.1. The Kier molecular flexibility index (Phi) is 6.56. The minimum Gasteiger partial charge on any atom is -0.414 e. The molecule has 3 atom stereocenters. The van der Waals surface area contributed by atoms with Gasteiger partial charge in [-0.15, -0.1) is 0 Å². The summed E-state index contributed by atoms with van der Waals surface area (Å²) in [6.07, 6.45) is 4.94. The summed E-state index contributed by atoms with van der Waals surface area (Å²) < 4.78 is 43.4. The molecule has 5 rings (SSSR count). The Labute approximate surface area is 218 Å². The highest BCUT2D eigenvalue weighted by atomic mass is 32.2. The van der Waals surface area contributed by atoms with E-state index >= 15 is 0 Å². The molecule has 4 aromatic rings. The lowest BCUT2D eigenvalue weighted by Gasteiger charge is -2.39. The van der Waals surface area contributed by atoms with Crippen LogP contribution in [0.5, 0.6) is 0 Å². The van der Waals surface area contributed by atoms with Gasteiger partial charge in [-0.25, -0.2) is 9.97 Å². The van der Waals surface area contributed by atoms with E-state index in [1.807, 2.05) is 30.5 Å². The number of aromatic nitrogens is 4. The van der Waals surface area contributed by atoms with Crippen molar-refractivity contribution in [1.82, 2.24) is 24.2 Å². The van der Waals surface area contributed by atoms with Gasteiger partial charge in [-0.1, -0.05) is 39.0 Å². The molecule has 0 spiro atoms. The molecule has 9 nitrogen and oxygen atoms in total. The summed E-state index contributed by atoms with van der Waals surface area (Å²) in [5.74, 6) is -0.0755. The maximum absolute atomic E-state index is 11.4. The largest absolute Gasteiger partial charge is 0.414 e. The number of fused-ring (bicyclic) bond motifs is 2. The van der Waals surface area contributed by atoms with Crippen LogP contribution < -0.4 is 4.72 Å². The van der Waals surface area contributed by atoms with Crippen molar-refractivity contribution in [2.75, 3.05) is 6.54 Å². The molecule has 3 aromatic heterocycles. The normalized spacial score (nSPS) is 21.3. The van der Waals surface area contributed by atoms with E-state index in [2.05, 4.69) is 70.2 Å². The maximum Gasteiger partial charge on any atom is 0.333 e. The molecule has 1 saturated carbocycles. The van der Waals surface area contributed by atoms with Crippen LogP contribution in [0.2, 0.25) is 18.1 Å². The van der Waals surface area contributed by atoms with E-state index in [-0.39, 0.29) is 29.6 Å². The summed E-state index contributed by atoms with van der Waals surface area (Å²) in [7, 11) is -6.39. The van der Waals surface area contributed by atoms with E-state index in [1.165, 1.54) is 0 Å². The Morgan fingerprint density at radius 3 is 2.65 bits per heavy atom. The number of rotatable bonds is 7. The van der Waals surface area contributed by atoms with Crippen LogP contribution in [0.1, 0.15) is 39.7 Å². The van der Waals surface area contributed by atoms with Gasteiger partial charge in [0.05, 0.1) is 17.5 Å². The molecule has 198 valence electrons. The van der Waals surface area contributed by atoms with Gasteiger partial charge in [0, 0.05) is 35.1 Å². The third-order valence-electron chi connectivity index (χ3n) is 8.07. The van der Waals surface area contributed by atoms with Crippen LogP contribution in [-0.2, 0) is 14.7 Å². The van der Waals surface area contributed by atoms with Gasteiger partial charge in [0.2, 0.25) is 0 Å². The first-order chi connectivity index (χ1) is 17.3. The van der Waals surface area contributed by atoms with Gasteiger partial charge in [-0.05, 0) is 55.1 Å². The van der Waals surface area contributed by atoms with E-state index < -0.39 is 18.6 Å². The van der Waals surface area contributed by atoms with Gasteiger partial charge >= 0.3 is 10.3 Å². The predicted octanol–water partition coefficient (Wildman–Crippen LogP) is 5.31. The molecule has 0 amide bonds. The van der Waals surface area contributed by atoms with Crippen molar-refractivity contribution in [3.8, 4) is 11.4 Å². The topological polar surface area (TPSA) is 122 Å². The van der Waals surface area contributed by atoms with Crippen LogP contribution in [0.25, 0.3) is 33.3 Å². The molecule has 0 radical (unpaired) electrons. The van der Waals surface area contributed by atoms with Gasteiger partial charge in [0.15, 0.2) is 8.32 Å². The van der Waals surface area contributed by atoms with Crippen molar-refractivity contribution >= 4 is 40.6 Å². The third-order valence-corrected chi connectivity index (χ3v) is 13.1. The zero-order valence-corrected chi connectivity index (χ0v) is 23.7. The van der Waals surface area contributed by atoms with E-state index in [0.29, 0.717) is 6.42 Å². The smallest absolute Gasteiger partial charge is 0.333 e. The fraction of sp³-hybridized carbons (Fsp3) is 0.462. The van der Waals surface area contributed by atoms with E-state index in [1.54, 1.807) is 6.33 Å². The van der Waals surface area contributed by atoms with Crippen LogP contribution in [-0.4, -0.2) is 53.5 Å². The molecular formula is C26H35N5O4SSi. The summed E-state index contributed by atoms with van der Waals surface area (Å²) in [5, 5.41) is 2.10. The molecule has 3 heterocycles. The lowest BCUT2D eigenvalue weighted by atomic mass is 10.1. The highest BCUT2D eigenvalue weighted by Gasteiger charge is 2.44. The number of nitrogens with zero attached hydrogens (tertiary/aromatic N) is 3. The zero-order chi connectivity index (χ0) is 26.6. The maximum atomic E-state index is 11.4. The van der Waals surface area contributed by atoms with Crippen molar-refractivity contribution < 1.29 is 17.4 Å². The summed E-state index contributed by atoms with van der Waals surface area (Å²) in [4.78, 5) is 12.7. The first-order valence-electron chi connectivity index (χ1n) is 12.6. The van der Waals surface area contributed by atoms with Crippen molar-refractivity contribution in [1.29, 1.82) is 0 Å². The summed E-state index contributed by atoms with van der Waals surface area (Å²) >= 11 is 0.